The van der Waals surface area contributed by atoms with Gasteiger partial charge in [-0.05, 0) is 117 Å². The zero-order chi connectivity index (χ0) is 33.0. The molecule has 11 atom stereocenters. The molecule has 252 valence electrons. The molecule has 0 aromatic heterocycles. The van der Waals surface area contributed by atoms with E-state index in [1.54, 1.807) is 0 Å². The molecule has 5 fully saturated rings. The molecule has 0 unspecified atom stereocenters. The summed E-state index contributed by atoms with van der Waals surface area (Å²) in [6.07, 6.45) is 12.0. The third-order valence-electron chi connectivity index (χ3n) is 15.7. The van der Waals surface area contributed by atoms with Crippen LogP contribution in [0, 0.1) is 62.1 Å². The molecule has 0 aliphatic heterocycles. The third kappa shape index (κ3) is 5.05. The minimum absolute atomic E-state index is 0. The zero-order valence-corrected chi connectivity index (χ0v) is 28.7. The van der Waals surface area contributed by atoms with Gasteiger partial charge in [-0.25, -0.2) is 0 Å². The molecule has 0 aromatic rings. The van der Waals surface area contributed by atoms with Crippen LogP contribution in [-0.4, -0.2) is 69.6 Å². The molecule has 6 rings (SSSR count). The van der Waals surface area contributed by atoms with Gasteiger partial charge in [0.1, 0.15) is 6.10 Å². The van der Waals surface area contributed by atoms with Crippen LogP contribution in [0.25, 0.3) is 0 Å². The van der Waals surface area contributed by atoms with Gasteiger partial charge in [0.25, 0.3) is 0 Å². The Balaban J connectivity index is 0.00000417. The quantitative estimate of drug-likeness (QED) is 0.244. The van der Waals surface area contributed by atoms with Gasteiger partial charge in [0, 0.05) is 11.3 Å². The van der Waals surface area contributed by atoms with Crippen molar-refractivity contribution in [2.24, 2.45) is 62.1 Å². The fourth-order valence-electron chi connectivity index (χ4n) is 12.5. The molecule has 46 heavy (non-hydrogen) atoms. The summed E-state index contributed by atoms with van der Waals surface area (Å²) in [6.45, 7) is 15.7. The van der Waals surface area contributed by atoms with E-state index in [0.717, 1.165) is 51.4 Å². The van der Waals surface area contributed by atoms with E-state index in [9.17, 15) is 29.4 Å². The van der Waals surface area contributed by atoms with Crippen LogP contribution in [0.1, 0.15) is 132 Å². The summed E-state index contributed by atoms with van der Waals surface area (Å²) in [5, 5.41) is 20.0. The number of carboxylic acids is 2. The van der Waals surface area contributed by atoms with Gasteiger partial charge in [-0.1, -0.05) is 60.0 Å². The van der Waals surface area contributed by atoms with Crippen molar-refractivity contribution in [3.05, 3.63) is 11.6 Å². The molecule has 8 heteroatoms. The predicted octanol–water partition coefficient (Wildman–Crippen LogP) is 7.21. The fraction of sp³-hybridized carbons (Fsp3) is 0.842. The molecule has 0 saturated heterocycles. The number of carbonyl (C=O) groups is 4. The number of fused-ring (bicyclic) bond motifs is 7. The van der Waals surface area contributed by atoms with E-state index in [4.69, 9.17) is 4.74 Å². The van der Waals surface area contributed by atoms with E-state index >= 15 is 0 Å². The van der Waals surface area contributed by atoms with Gasteiger partial charge in [-0.3, -0.25) is 19.2 Å². The van der Waals surface area contributed by atoms with E-state index in [1.165, 1.54) is 5.57 Å². The van der Waals surface area contributed by atoms with Gasteiger partial charge in [-0.2, -0.15) is 0 Å². The standard InChI is InChI=1S/C38H56O7.Na.H/c1-33(2)27-12-15-38(7)29(36(27,5)14-13-28(33)45-31(42)23-11-9-8-10-22(23)30(40)41)26(39)20-24-25-21-35(4,32(43)44)17-16-34(25,3)18-19-37(24,38)6;;/h20,22-23,25,27-29H,8-19,21H2,1-7H3,(H,40,41)(H,43,44);;/t22-,23+,25-,27-,28-,29+,34+,35-,36-,37+,38+;;/m0../s1. The molecule has 0 heterocycles. The van der Waals surface area contributed by atoms with Crippen molar-refractivity contribution in [1.82, 2.24) is 0 Å². The molecule has 7 nitrogen and oxygen atoms in total. The molecule has 0 spiro atoms. The van der Waals surface area contributed by atoms with E-state index < -0.39 is 29.2 Å². The Kier molecular flexibility index (Phi) is 9.20. The summed E-state index contributed by atoms with van der Waals surface area (Å²) >= 11 is 0. The van der Waals surface area contributed by atoms with Crippen LogP contribution >= 0.6 is 0 Å². The van der Waals surface area contributed by atoms with Crippen LogP contribution in [0.3, 0.4) is 0 Å². The van der Waals surface area contributed by atoms with Crippen molar-refractivity contribution < 1.29 is 34.1 Å². The van der Waals surface area contributed by atoms with Gasteiger partial charge in [0.05, 0.1) is 17.3 Å². The van der Waals surface area contributed by atoms with Crippen LogP contribution in [0.15, 0.2) is 11.6 Å². The number of rotatable bonds is 4. The molecule has 6 aliphatic carbocycles. The maximum absolute atomic E-state index is 14.6. The second-order valence-electron chi connectivity index (χ2n) is 18.2. The number of hydrogen-bond donors (Lipinski definition) is 2. The summed E-state index contributed by atoms with van der Waals surface area (Å²) in [5.74, 6) is -2.91. The number of allylic oxidation sites excluding steroid dienone is 2. The van der Waals surface area contributed by atoms with Crippen LogP contribution in [0.5, 0.6) is 0 Å². The number of ether oxygens (including phenoxy) is 1. The Bertz CT molecular complexity index is 1340. The average molecular weight is 649 g/mol. The van der Waals surface area contributed by atoms with Crippen LogP contribution < -0.4 is 0 Å². The molecule has 0 radical (unpaired) electrons. The van der Waals surface area contributed by atoms with E-state index in [-0.39, 0.29) is 92.2 Å². The van der Waals surface area contributed by atoms with E-state index in [2.05, 4.69) is 41.5 Å². The number of esters is 1. The normalized spacial score (nSPS) is 47.8. The Labute approximate surface area is 297 Å². The van der Waals surface area contributed by atoms with Gasteiger partial charge in [0.15, 0.2) is 5.78 Å². The Morgan fingerprint density at radius 3 is 2.07 bits per heavy atom. The summed E-state index contributed by atoms with van der Waals surface area (Å²) in [6, 6.07) is 0. The summed E-state index contributed by atoms with van der Waals surface area (Å²) in [5.41, 5.74) is -0.576. The van der Waals surface area contributed by atoms with Crippen LogP contribution in [0.4, 0.5) is 0 Å². The second kappa shape index (κ2) is 11.7. The maximum atomic E-state index is 14.6. The molecular formula is C38H57NaO7. The fourth-order valence-corrected chi connectivity index (χ4v) is 12.5. The van der Waals surface area contributed by atoms with Crippen LogP contribution in [-0.2, 0) is 23.9 Å². The summed E-state index contributed by atoms with van der Waals surface area (Å²) < 4.78 is 6.28. The van der Waals surface area contributed by atoms with Gasteiger partial charge in [-0.15, -0.1) is 0 Å². The van der Waals surface area contributed by atoms with Crippen molar-refractivity contribution in [1.29, 1.82) is 0 Å². The molecule has 2 N–H and O–H groups in total. The predicted molar refractivity (Wildman–Crippen MR) is 177 cm³/mol. The summed E-state index contributed by atoms with van der Waals surface area (Å²) in [4.78, 5) is 52.4. The van der Waals surface area contributed by atoms with Gasteiger partial charge in [0.2, 0.25) is 0 Å². The monoisotopic (exact) mass is 648 g/mol. The third-order valence-corrected chi connectivity index (χ3v) is 15.7. The molecule has 6 aliphatic rings. The molecule has 0 bridgehead atoms. The number of hydrogen-bond acceptors (Lipinski definition) is 5. The SMILES string of the molecule is CC1(C)[C@@H](OC(=O)[C@@H]2CCCC[C@@H]2C(=O)O)CC[C@]2(C)[C@H]3C(=O)C=C4[C@@H]5C[C@@](C)(C(=O)O)CC[C@]5(C)CC[C@@]4(C)[C@]3(C)CC[C@@H]12.[NaH]. The first kappa shape index (κ1) is 36.1. The van der Waals surface area contributed by atoms with E-state index in [1.807, 2.05) is 13.0 Å². The molecule has 0 aromatic carbocycles. The number of aliphatic carboxylic acids is 2. The molecule has 0 amide bonds. The van der Waals surface area contributed by atoms with Crippen molar-refractivity contribution in [3.8, 4) is 0 Å². The Morgan fingerprint density at radius 1 is 0.804 bits per heavy atom. The van der Waals surface area contributed by atoms with Gasteiger partial charge < -0.3 is 14.9 Å². The molecular weight excluding hydrogens is 591 g/mol. The van der Waals surface area contributed by atoms with Crippen molar-refractivity contribution in [2.45, 2.75) is 138 Å². The number of ketones is 1. The number of carbonyl (C=O) groups excluding carboxylic acids is 2. The first-order valence-corrected chi connectivity index (χ1v) is 17.8. The molecule has 5 saturated carbocycles. The first-order valence-electron chi connectivity index (χ1n) is 17.8. The van der Waals surface area contributed by atoms with Gasteiger partial charge >= 0.3 is 47.5 Å². The second-order valence-corrected chi connectivity index (χ2v) is 18.2. The zero-order valence-electron chi connectivity index (χ0n) is 28.7. The topological polar surface area (TPSA) is 118 Å². The Hall–Kier alpha value is -1.18. The summed E-state index contributed by atoms with van der Waals surface area (Å²) in [7, 11) is 0. The van der Waals surface area contributed by atoms with Crippen molar-refractivity contribution in [3.63, 3.8) is 0 Å². The Morgan fingerprint density at radius 2 is 1.43 bits per heavy atom. The minimum atomic E-state index is -0.903. The average Bonchev–Trinajstić information content (AvgIpc) is 2.96. The number of carboxylic acid groups (broad SMARTS) is 2. The van der Waals surface area contributed by atoms with Crippen molar-refractivity contribution in [2.75, 3.05) is 0 Å². The van der Waals surface area contributed by atoms with Crippen LogP contribution in [0.2, 0.25) is 0 Å². The van der Waals surface area contributed by atoms with E-state index in [0.29, 0.717) is 32.1 Å². The van der Waals surface area contributed by atoms with Crippen molar-refractivity contribution >= 4 is 53.2 Å². The first-order chi connectivity index (χ1) is 20.8.